The van der Waals surface area contributed by atoms with Gasteiger partial charge in [0.2, 0.25) is 11.8 Å². The zero-order valence-electron chi connectivity index (χ0n) is 17.9. The minimum absolute atomic E-state index is 0.0186. The van der Waals surface area contributed by atoms with Crippen LogP contribution in [0.1, 0.15) is 37.7 Å². The standard InChI is InChI=1S/C23H28N6O2/c1-17-7-6-8-19(13-17)26-22(18(14-24)15-25)27-20-9-2-3-12-29(23(20)31)16-21(30)28-10-4-5-11-28/h6-8,13,20,26-27H,2-5,9-12,16H2,1H3/t20-/m0/s1. The van der Waals surface area contributed by atoms with E-state index in [1.165, 1.54) is 0 Å². The molecule has 0 aromatic heterocycles. The first-order valence-corrected chi connectivity index (χ1v) is 10.7. The lowest BCUT2D eigenvalue weighted by Gasteiger charge is -2.27. The van der Waals surface area contributed by atoms with E-state index in [9.17, 15) is 20.1 Å². The smallest absolute Gasteiger partial charge is 0.245 e. The highest BCUT2D eigenvalue weighted by molar-refractivity contribution is 5.88. The second-order valence-electron chi connectivity index (χ2n) is 8.01. The number of anilines is 1. The third kappa shape index (κ3) is 5.76. The quantitative estimate of drug-likeness (QED) is 0.683. The molecule has 8 nitrogen and oxygen atoms in total. The Morgan fingerprint density at radius 3 is 2.52 bits per heavy atom. The summed E-state index contributed by atoms with van der Waals surface area (Å²) in [5.41, 5.74) is 1.61. The monoisotopic (exact) mass is 420 g/mol. The normalized spacial score (nSPS) is 18.5. The molecule has 2 N–H and O–H groups in total. The van der Waals surface area contributed by atoms with Gasteiger partial charge in [-0.25, -0.2) is 0 Å². The number of rotatable bonds is 6. The maximum absolute atomic E-state index is 13.2. The Hall–Kier alpha value is -3.52. The molecule has 0 spiro atoms. The van der Waals surface area contributed by atoms with Gasteiger partial charge in [0.25, 0.3) is 0 Å². The van der Waals surface area contributed by atoms with Gasteiger partial charge in [0.1, 0.15) is 24.0 Å². The van der Waals surface area contributed by atoms with Gasteiger partial charge in [-0.05, 0) is 56.7 Å². The Morgan fingerprint density at radius 2 is 1.84 bits per heavy atom. The van der Waals surface area contributed by atoms with Crippen molar-refractivity contribution in [1.82, 2.24) is 15.1 Å². The first kappa shape index (κ1) is 22.2. The Morgan fingerprint density at radius 1 is 1.13 bits per heavy atom. The highest BCUT2D eigenvalue weighted by Crippen LogP contribution is 2.18. The average Bonchev–Trinajstić information content (AvgIpc) is 3.24. The van der Waals surface area contributed by atoms with Gasteiger partial charge in [-0.1, -0.05) is 12.1 Å². The van der Waals surface area contributed by atoms with Crippen molar-refractivity contribution in [1.29, 1.82) is 10.5 Å². The van der Waals surface area contributed by atoms with E-state index in [0.29, 0.717) is 18.7 Å². The third-order valence-corrected chi connectivity index (χ3v) is 5.65. The second kappa shape index (κ2) is 10.5. The van der Waals surface area contributed by atoms with E-state index in [2.05, 4.69) is 10.6 Å². The molecule has 1 aromatic rings. The van der Waals surface area contributed by atoms with Crippen LogP contribution >= 0.6 is 0 Å². The summed E-state index contributed by atoms with van der Waals surface area (Å²) in [4.78, 5) is 29.2. The second-order valence-corrected chi connectivity index (χ2v) is 8.01. The van der Waals surface area contributed by atoms with Crippen LogP contribution in [0, 0.1) is 29.6 Å². The number of hydrogen-bond donors (Lipinski definition) is 2. The zero-order chi connectivity index (χ0) is 22.2. The van der Waals surface area contributed by atoms with Gasteiger partial charge in [0.05, 0.1) is 6.54 Å². The van der Waals surface area contributed by atoms with Crippen LogP contribution in [-0.4, -0.2) is 53.8 Å². The summed E-state index contributed by atoms with van der Waals surface area (Å²) >= 11 is 0. The maximum Gasteiger partial charge on any atom is 0.245 e. The fourth-order valence-corrected chi connectivity index (χ4v) is 3.97. The first-order chi connectivity index (χ1) is 15.0. The van der Waals surface area contributed by atoms with E-state index >= 15 is 0 Å². The summed E-state index contributed by atoms with van der Waals surface area (Å²) in [6.45, 7) is 4.06. The van der Waals surface area contributed by atoms with Gasteiger partial charge < -0.3 is 20.4 Å². The van der Waals surface area contributed by atoms with Crippen LogP contribution in [-0.2, 0) is 9.59 Å². The number of nitriles is 2. The van der Waals surface area contributed by atoms with Crippen LogP contribution in [0.25, 0.3) is 0 Å². The number of nitrogens with one attached hydrogen (secondary N) is 2. The molecule has 1 aromatic carbocycles. The van der Waals surface area contributed by atoms with Crippen LogP contribution in [0.15, 0.2) is 35.7 Å². The van der Waals surface area contributed by atoms with Crippen molar-refractivity contribution in [2.24, 2.45) is 0 Å². The molecule has 162 valence electrons. The molecule has 2 aliphatic heterocycles. The molecule has 3 rings (SSSR count). The predicted octanol–water partition coefficient (Wildman–Crippen LogP) is 2.26. The molecule has 2 amide bonds. The molecule has 0 aliphatic carbocycles. The fourth-order valence-electron chi connectivity index (χ4n) is 3.97. The topological polar surface area (TPSA) is 112 Å². The lowest BCUT2D eigenvalue weighted by Crippen LogP contribution is -2.49. The molecule has 8 heteroatoms. The molecular weight excluding hydrogens is 392 g/mol. The largest absolute Gasteiger partial charge is 0.358 e. The highest BCUT2D eigenvalue weighted by atomic mass is 16.2. The molecular formula is C23H28N6O2. The van der Waals surface area contributed by atoms with Crippen molar-refractivity contribution >= 4 is 17.5 Å². The summed E-state index contributed by atoms with van der Waals surface area (Å²) in [6, 6.07) is 10.7. The number of hydrogen-bond acceptors (Lipinski definition) is 6. The van der Waals surface area contributed by atoms with Crippen molar-refractivity contribution in [2.45, 2.75) is 45.1 Å². The lowest BCUT2D eigenvalue weighted by molar-refractivity contribution is -0.140. The van der Waals surface area contributed by atoms with Gasteiger partial charge in [-0.2, -0.15) is 10.5 Å². The number of allylic oxidation sites excluding steroid dienone is 1. The first-order valence-electron chi connectivity index (χ1n) is 10.7. The van der Waals surface area contributed by atoms with Gasteiger partial charge in [0, 0.05) is 25.3 Å². The maximum atomic E-state index is 13.2. The van der Waals surface area contributed by atoms with E-state index in [0.717, 1.165) is 44.3 Å². The minimum Gasteiger partial charge on any atom is -0.358 e. The molecule has 0 radical (unpaired) electrons. The summed E-state index contributed by atoms with van der Waals surface area (Å²) in [6.07, 6.45) is 4.20. The van der Waals surface area contributed by atoms with Crippen LogP contribution in [0.5, 0.6) is 0 Å². The van der Waals surface area contributed by atoms with Crippen molar-refractivity contribution in [3.63, 3.8) is 0 Å². The summed E-state index contributed by atoms with van der Waals surface area (Å²) < 4.78 is 0. The van der Waals surface area contributed by atoms with E-state index in [-0.39, 0.29) is 29.8 Å². The Kier molecular flexibility index (Phi) is 7.50. The number of nitrogens with zero attached hydrogens (tertiary/aromatic N) is 4. The zero-order valence-corrected chi connectivity index (χ0v) is 17.9. The number of carbonyl (C=O) groups excluding carboxylic acids is 2. The minimum atomic E-state index is -0.613. The van der Waals surface area contributed by atoms with Crippen LogP contribution in [0.4, 0.5) is 5.69 Å². The number of carbonyl (C=O) groups is 2. The van der Waals surface area contributed by atoms with Crippen molar-refractivity contribution in [3.05, 3.63) is 41.2 Å². The van der Waals surface area contributed by atoms with Crippen LogP contribution in [0.3, 0.4) is 0 Å². The molecule has 2 saturated heterocycles. The number of aryl methyl sites for hydroxylation is 1. The SMILES string of the molecule is Cc1cccc(NC(N[C@H]2CCCCN(CC(=O)N3CCCC3)C2=O)=C(C#N)C#N)c1. The molecule has 1 atom stereocenters. The van der Waals surface area contributed by atoms with Crippen molar-refractivity contribution in [3.8, 4) is 12.1 Å². The van der Waals surface area contributed by atoms with E-state index in [1.807, 2.05) is 48.2 Å². The van der Waals surface area contributed by atoms with Crippen molar-refractivity contribution in [2.75, 3.05) is 31.5 Å². The summed E-state index contributed by atoms with van der Waals surface area (Å²) in [5.74, 6) is 0.0142. The highest BCUT2D eigenvalue weighted by Gasteiger charge is 2.31. The van der Waals surface area contributed by atoms with Gasteiger partial charge in [-0.3, -0.25) is 9.59 Å². The third-order valence-electron chi connectivity index (χ3n) is 5.65. The molecule has 2 aliphatic rings. The molecule has 2 heterocycles. The summed E-state index contributed by atoms with van der Waals surface area (Å²) in [7, 11) is 0. The predicted molar refractivity (Wildman–Crippen MR) is 116 cm³/mol. The van der Waals surface area contributed by atoms with E-state index < -0.39 is 6.04 Å². The Labute approximate surface area is 183 Å². The summed E-state index contributed by atoms with van der Waals surface area (Å²) in [5, 5.41) is 25.0. The average molecular weight is 421 g/mol. The number of amides is 2. The Balaban J connectivity index is 1.76. The number of likely N-dealkylation sites (tertiary alicyclic amines) is 2. The van der Waals surface area contributed by atoms with Crippen LogP contribution < -0.4 is 10.6 Å². The van der Waals surface area contributed by atoms with E-state index in [1.54, 1.807) is 4.90 Å². The number of benzene rings is 1. The van der Waals surface area contributed by atoms with Gasteiger partial charge in [-0.15, -0.1) is 0 Å². The van der Waals surface area contributed by atoms with Gasteiger partial charge >= 0.3 is 0 Å². The van der Waals surface area contributed by atoms with Crippen molar-refractivity contribution < 1.29 is 9.59 Å². The fraction of sp³-hybridized carbons (Fsp3) is 0.478. The van der Waals surface area contributed by atoms with E-state index in [4.69, 9.17) is 0 Å². The molecule has 0 unspecified atom stereocenters. The van der Waals surface area contributed by atoms with Gasteiger partial charge in [0.15, 0.2) is 5.57 Å². The lowest BCUT2D eigenvalue weighted by atomic mass is 10.1. The molecule has 31 heavy (non-hydrogen) atoms. The molecule has 0 saturated carbocycles. The molecule has 0 bridgehead atoms. The molecule has 2 fully saturated rings. The Bertz CT molecular complexity index is 920. The van der Waals surface area contributed by atoms with Crippen LogP contribution in [0.2, 0.25) is 0 Å².